The third-order valence-corrected chi connectivity index (χ3v) is 3.78. The number of carbonyl (C=O) groups excluding carboxylic acids is 2. The monoisotopic (exact) mass is 416 g/mol. The van der Waals surface area contributed by atoms with Crippen LogP contribution in [0.1, 0.15) is 5.56 Å². The summed E-state index contributed by atoms with van der Waals surface area (Å²) in [7, 11) is 1.53. The number of rotatable bonds is 6. The van der Waals surface area contributed by atoms with Gasteiger partial charge in [-0.05, 0) is 42.5 Å². The molecule has 150 valence electrons. The minimum absolute atomic E-state index is 0.0205. The number of amides is 2. The topological polar surface area (TPSA) is 76.7 Å². The number of halogens is 4. The molecule has 0 aliphatic heterocycles. The van der Waals surface area contributed by atoms with Gasteiger partial charge in [-0.15, -0.1) is 0 Å². The predicted molar refractivity (Wildman–Crippen MR) is 96.6 cm³/mol. The summed E-state index contributed by atoms with van der Waals surface area (Å²) in [5, 5.41) is 3.88. The standard InChI is InChI=1S/C18H16ClF3N2O4/c1-27-12-3-5-13(6-4-12)28-9-8-23-16(25)17(26)24-11-2-7-15(19)14(10-11)18(20,21)22/h2-7,10H,8-9H2,1H3,(H,23,25)(H,24,26). The first-order chi connectivity index (χ1) is 13.2. The van der Waals surface area contributed by atoms with Crippen molar-refractivity contribution in [3.63, 3.8) is 0 Å². The van der Waals surface area contributed by atoms with E-state index in [1.54, 1.807) is 24.3 Å². The molecule has 2 N–H and O–H groups in total. The van der Waals surface area contributed by atoms with E-state index in [1.807, 2.05) is 0 Å². The Morgan fingerprint density at radius 1 is 1.04 bits per heavy atom. The Kier molecular flexibility index (Phi) is 7.11. The van der Waals surface area contributed by atoms with Crippen LogP contribution in [0.4, 0.5) is 18.9 Å². The highest BCUT2D eigenvalue weighted by Crippen LogP contribution is 2.36. The molecule has 0 unspecified atom stereocenters. The molecule has 10 heteroatoms. The molecule has 0 aliphatic rings. The van der Waals surface area contributed by atoms with Gasteiger partial charge in [-0.25, -0.2) is 0 Å². The number of nitrogens with one attached hydrogen (secondary N) is 2. The summed E-state index contributed by atoms with van der Waals surface area (Å²) in [4.78, 5) is 23.5. The maximum atomic E-state index is 12.8. The molecule has 0 saturated heterocycles. The van der Waals surface area contributed by atoms with E-state index in [4.69, 9.17) is 21.1 Å². The molecule has 6 nitrogen and oxygen atoms in total. The number of alkyl halides is 3. The van der Waals surface area contributed by atoms with Gasteiger partial charge in [0.15, 0.2) is 0 Å². The van der Waals surface area contributed by atoms with E-state index in [0.717, 1.165) is 12.1 Å². The largest absolute Gasteiger partial charge is 0.497 e. The first kappa shape index (κ1) is 21.4. The van der Waals surface area contributed by atoms with Crippen molar-refractivity contribution in [3.05, 3.63) is 53.1 Å². The highest BCUT2D eigenvalue weighted by atomic mass is 35.5. The van der Waals surface area contributed by atoms with Gasteiger partial charge in [0.2, 0.25) is 0 Å². The van der Waals surface area contributed by atoms with Gasteiger partial charge in [-0.1, -0.05) is 11.6 Å². The Morgan fingerprint density at radius 2 is 1.68 bits per heavy atom. The first-order valence-electron chi connectivity index (χ1n) is 7.93. The van der Waals surface area contributed by atoms with Crippen molar-refractivity contribution >= 4 is 29.1 Å². The van der Waals surface area contributed by atoms with E-state index in [9.17, 15) is 22.8 Å². The number of ether oxygens (including phenoxy) is 2. The second-order valence-electron chi connectivity index (χ2n) is 5.43. The molecule has 0 heterocycles. The zero-order valence-corrected chi connectivity index (χ0v) is 15.4. The Labute approximate surface area is 163 Å². The van der Waals surface area contributed by atoms with Gasteiger partial charge >= 0.3 is 18.0 Å². The van der Waals surface area contributed by atoms with Crippen LogP contribution in [-0.2, 0) is 15.8 Å². The highest BCUT2D eigenvalue weighted by Gasteiger charge is 2.33. The van der Waals surface area contributed by atoms with Gasteiger partial charge in [0, 0.05) is 5.69 Å². The number of carbonyl (C=O) groups is 2. The molecule has 0 aromatic heterocycles. The van der Waals surface area contributed by atoms with Gasteiger partial charge in [0.25, 0.3) is 0 Å². The third-order valence-electron chi connectivity index (χ3n) is 3.45. The average molecular weight is 417 g/mol. The normalized spacial score (nSPS) is 10.9. The Morgan fingerprint density at radius 3 is 2.29 bits per heavy atom. The minimum Gasteiger partial charge on any atom is -0.497 e. The van der Waals surface area contributed by atoms with E-state index in [0.29, 0.717) is 17.6 Å². The summed E-state index contributed by atoms with van der Waals surface area (Å²) in [5.74, 6) is -0.921. The van der Waals surface area contributed by atoms with Crippen LogP contribution in [0.2, 0.25) is 5.02 Å². The van der Waals surface area contributed by atoms with E-state index >= 15 is 0 Å². The van der Waals surface area contributed by atoms with Crippen molar-refractivity contribution in [1.82, 2.24) is 5.32 Å². The quantitative estimate of drug-likeness (QED) is 0.558. The summed E-state index contributed by atoms with van der Waals surface area (Å²) < 4.78 is 48.8. The van der Waals surface area contributed by atoms with E-state index in [2.05, 4.69) is 10.6 Å². The lowest BCUT2D eigenvalue weighted by atomic mass is 10.2. The maximum Gasteiger partial charge on any atom is 0.417 e. The Hall–Kier alpha value is -2.94. The molecular formula is C18H16ClF3N2O4. The zero-order valence-electron chi connectivity index (χ0n) is 14.6. The van der Waals surface area contributed by atoms with Crippen LogP contribution in [-0.4, -0.2) is 32.1 Å². The fourth-order valence-electron chi connectivity index (χ4n) is 2.09. The molecule has 2 amide bonds. The third kappa shape index (κ3) is 6.05. The molecular weight excluding hydrogens is 401 g/mol. The average Bonchev–Trinajstić information content (AvgIpc) is 2.66. The fourth-order valence-corrected chi connectivity index (χ4v) is 2.32. The molecule has 0 aliphatic carbocycles. The molecule has 2 aromatic carbocycles. The molecule has 28 heavy (non-hydrogen) atoms. The van der Waals surface area contributed by atoms with Crippen molar-refractivity contribution in [2.75, 3.05) is 25.6 Å². The zero-order chi connectivity index (χ0) is 20.7. The second-order valence-corrected chi connectivity index (χ2v) is 5.83. The minimum atomic E-state index is -4.68. The van der Waals surface area contributed by atoms with Gasteiger partial charge in [0.1, 0.15) is 18.1 Å². The fraction of sp³-hybridized carbons (Fsp3) is 0.222. The van der Waals surface area contributed by atoms with Crippen molar-refractivity contribution < 1.29 is 32.2 Å². The number of hydrogen-bond donors (Lipinski definition) is 2. The van der Waals surface area contributed by atoms with Crippen LogP contribution in [0, 0.1) is 0 Å². The van der Waals surface area contributed by atoms with E-state index in [-0.39, 0.29) is 18.8 Å². The Bertz CT molecular complexity index is 842. The molecule has 2 aromatic rings. The lowest BCUT2D eigenvalue weighted by Crippen LogP contribution is -2.37. The van der Waals surface area contributed by atoms with Crippen LogP contribution in [0.25, 0.3) is 0 Å². The van der Waals surface area contributed by atoms with E-state index < -0.39 is 28.6 Å². The van der Waals surface area contributed by atoms with Crippen molar-refractivity contribution in [3.8, 4) is 11.5 Å². The van der Waals surface area contributed by atoms with Crippen molar-refractivity contribution in [1.29, 1.82) is 0 Å². The van der Waals surface area contributed by atoms with Crippen LogP contribution >= 0.6 is 11.6 Å². The number of benzene rings is 2. The van der Waals surface area contributed by atoms with E-state index in [1.165, 1.54) is 7.11 Å². The van der Waals surface area contributed by atoms with Crippen molar-refractivity contribution in [2.45, 2.75) is 6.18 Å². The van der Waals surface area contributed by atoms with Gasteiger partial charge in [-0.3, -0.25) is 9.59 Å². The van der Waals surface area contributed by atoms with Crippen LogP contribution in [0.3, 0.4) is 0 Å². The number of anilines is 1. The Balaban J connectivity index is 1.82. The smallest absolute Gasteiger partial charge is 0.417 e. The molecule has 0 atom stereocenters. The summed E-state index contributed by atoms with van der Waals surface area (Å²) >= 11 is 5.50. The summed E-state index contributed by atoms with van der Waals surface area (Å²) in [6.07, 6.45) is -4.68. The summed E-state index contributed by atoms with van der Waals surface area (Å²) in [6.45, 7) is 0.108. The van der Waals surface area contributed by atoms with Gasteiger partial charge < -0.3 is 20.1 Å². The van der Waals surface area contributed by atoms with Crippen LogP contribution < -0.4 is 20.1 Å². The van der Waals surface area contributed by atoms with Crippen LogP contribution in [0.5, 0.6) is 11.5 Å². The van der Waals surface area contributed by atoms with Crippen LogP contribution in [0.15, 0.2) is 42.5 Å². The lowest BCUT2D eigenvalue weighted by Gasteiger charge is -2.12. The number of hydrogen-bond acceptors (Lipinski definition) is 4. The predicted octanol–water partition coefficient (Wildman–Crippen LogP) is 3.50. The lowest BCUT2D eigenvalue weighted by molar-refractivity contribution is -0.137. The second kappa shape index (κ2) is 9.32. The molecule has 2 rings (SSSR count). The van der Waals surface area contributed by atoms with Gasteiger partial charge in [0.05, 0.1) is 24.2 Å². The molecule has 0 radical (unpaired) electrons. The van der Waals surface area contributed by atoms with Crippen molar-refractivity contribution in [2.24, 2.45) is 0 Å². The SMILES string of the molecule is COc1ccc(OCCNC(=O)C(=O)Nc2ccc(Cl)c(C(F)(F)F)c2)cc1. The summed E-state index contributed by atoms with van der Waals surface area (Å²) in [6, 6.07) is 9.54. The number of methoxy groups -OCH3 is 1. The first-order valence-corrected chi connectivity index (χ1v) is 8.31. The molecule has 0 spiro atoms. The summed E-state index contributed by atoms with van der Waals surface area (Å²) in [5.41, 5.74) is -1.31. The molecule has 0 fully saturated rings. The highest BCUT2D eigenvalue weighted by molar-refractivity contribution is 6.39. The van der Waals surface area contributed by atoms with Gasteiger partial charge in [-0.2, -0.15) is 13.2 Å². The molecule has 0 bridgehead atoms. The molecule has 0 saturated carbocycles. The maximum absolute atomic E-state index is 12.8.